The van der Waals surface area contributed by atoms with Crippen molar-refractivity contribution < 1.29 is 17.7 Å². The molecule has 1 aliphatic rings. The molecule has 7 nitrogen and oxygen atoms in total. The molecule has 2 aromatic heterocycles. The molecule has 1 aromatic carbocycles. The molecule has 0 saturated carbocycles. The van der Waals surface area contributed by atoms with Crippen molar-refractivity contribution >= 4 is 29.3 Å². The molecular weight excluding hydrogens is 428 g/mol. The average molecular weight is 448 g/mol. The molecule has 1 atom stereocenters. The first kappa shape index (κ1) is 21.3. The number of nitriles is 1. The largest absolute Gasteiger partial charge is 0.419 e. The SMILES string of the molecule is CP(C)(=O)c1c(C#N)ccc2c(-c3nc(NC4CCNC4)ncc3C(F)(F)F)c[nH]c12. The highest BCUT2D eigenvalue weighted by Crippen LogP contribution is 2.42. The Balaban J connectivity index is 1.92. The van der Waals surface area contributed by atoms with Crippen LogP contribution in [0.15, 0.2) is 24.5 Å². The van der Waals surface area contributed by atoms with E-state index in [1.54, 1.807) is 6.07 Å². The number of H-pyrrole nitrogens is 1. The van der Waals surface area contributed by atoms with Crippen molar-refractivity contribution in [3.8, 4) is 17.3 Å². The highest BCUT2D eigenvalue weighted by Gasteiger charge is 2.36. The van der Waals surface area contributed by atoms with Crippen LogP contribution in [-0.2, 0) is 10.7 Å². The zero-order chi connectivity index (χ0) is 22.4. The summed E-state index contributed by atoms with van der Waals surface area (Å²) in [7, 11) is -2.90. The number of benzene rings is 1. The lowest BCUT2D eigenvalue weighted by Crippen LogP contribution is -2.24. The third-order valence-corrected chi connectivity index (χ3v) is 6.77. The molecule has 0 bridgehead atoms. The Kier molecular flexibility index (Phi) is 5.28. The summed E-state index contributed by atoms with van der Waals surface area (Å²) in [4.78, 5) is 11.0. The Morgan fingerprint density at radius 2 is 2.10 bits per heavy atom. The second-order valence-corrected chi connectivity index (χ2v) is 11.0. The van der Waals surface area contributed by atoms with E-state index in [9.17, 15) is 23.0 Å². The van der Waals surface area contributed by atoms with Gasteiger partial charge in [0.25, 0.3) is 0 Å². The summed E-state index contributed by atoms with van der Waals surface area (Å²) in [5.74, 6) is 0.108. The van der Waals surface area contributed by atoms with Crippen LogP contribution in [0.25, 0.3) is 22.2 Å². The molecule has 1 aliphatic heterocycles. The number of nitrogens with zero attached hydrogens (tertiary/aromatic N) is 3. The summed E-state index contributed by atoms with van der Waals surface area (Å²) in [6.07, 6.45) is -1.66. The van der Waals surface area contributed by atoms with Gasteiger partial charge in [-0.05, 0) is 32.4 Å². The van der Waals surface area contributed by atoms with Crippen LogP contribution in [0.4, 0.5) is 19.1 Å². The van der Waals surface area contributed by atoms with Crippen molar-refractivity contribution in [3.63, 3.8) is 0 Å². The number of aromatic nitrogens is 3. The van der Waals surface area contributed by atoms with Gasteiger partial charge in [-0.25, -0.2) is 9.97 Å². The Morgan fingerprint density at radius 1 is 1.32 bits per heavy atom. The van der Waals surface area contributed by atoms with Gasteiger partial charge in [-0.15, -0.1) is 0 Å². The maximum Gasteiger partial charge on any atom is 0.419 e. The minimum absolute atomic E-state index is 0.0309. The molecule has 1 fully saturated rings. The lowest BCUT2D eigenvalue weighted by Gasteiger charge is -2.16. The van der Waals surface area contributed by atoms with Gasteiger partial charge in [0.1, 0.15) is 12.7 Å². The van der Waals surface area contributed by atoms with E-state index in [-0.39, 0.29) is 28.8 Å². The second-order valence-electron chi connectivity index (χ2n) is 7.84. The van der Waals surface area contributed by atoms with E-state index >= 15 is 0 Å². The van der Waals surface area contributed by atoms with Gasteiger partial charge in [0.05, 0.1) is 28.1 Å². The van der Waals surface area contributed by atoms with Gasteiger partial charge >= 0.3 is 6.18 Å². The molecule has 31 heavy (non-hydrogen) atoms. The number of anilines is 1. The molecule has 0 radical (unpaired) electrons. The number of hydrogen-bond acceptors (Lipinski definition) is 6. The highest BCUT2D eigenvalue weighted by atomic mass is 31.2. The molecule has 4 rings (SSSR count). The zero-order valence-corrected chi connectivity index (χ0v) is 17.7. The van der Waals surface area contributed by atoms with Gasteiger partial charge < -0.3 is 20.2 Å². The maximum atomic E-state index is 13.8. The monoisotopic (exact) mass is 448 g/mol. The third kappa shape index (κ3) is 4.03. The predicted octanol–water partition coefficient (Wildman–Crippen LogP) is 3.54. The van der Waals surface area contributed by atoms with Crippen LogP contribution >= 0.6 is 7.14 Å². The van der Waals surface area contributed by atoms with Crippen molar-refractivity contribution in [2.75, 3.05) is 31.7 Å². The first-order valence-corrected chi connectivity index (χ1v) is 12.2. The van der Waals surface area contributed by atoms with Crippen molar-refractivity contribution in [3.05, 3.63) is 35.7 Å². The van der Waals surface area contributed by atoms with Crippen LogP contribution < -0.4 is 15.9 Å². The number of nitrogens with one attached hydrogen (secondary N) is 3. The predicted molar refractivity (Wildman–Crippen MR) is 113 cm³/mol. The minimum Gasteiger partial charge on any atom is -0.360 e. The Morgan fingerprint density at radius 3 is 2.71 bits per heavy atom. The van der Waals surface area contributed by atoms with E-state index in [2.05, 4.69) is 25.6 Å². The lowest BCUT2D eigenvalue weighted by atomic mass is 10.0. The van der Waals surface area contributed by atoms with E-state index in [1.807, 2.05) is 6.07 Å². The standard InChI is InChI=1S/C20H20F3N6OP/c1-31(2,30)18-11(7-24)3-4-13-14(9-26-17(13)18)16-15(20(21,22)23)10-27-19(29-16)28-12-5-6-25-8-12/h3-4,9-10,12,25-26H,5-6,8H2,1-2H3,(H,27,28,29). The summed E-state index contributed by atoms with van der Waals surface area (Å²) in [6.45, 7) is 4.53. The first-order chi connectivity index (χ1) is 14.6. The van der Waals surface area contributed by atoms with E-state index < -0.39 is 18.9 Å². The molecule has 1 saturated heterocycles. The molecule has 3 N–H and O–H groups in total. The Hall–Kier alpha value is -2.89. The highest BCUT2D eigenvalue weighted by molar-refractivity contribution is 7.70. The number of aromatic amines is 1. The summed E-state index contributed by atoms with van der Waals surface area (Å²) >= 11 is 0. The van der Waals surface area contributed by atoms with Crippen molar-refractivity contribution in [1.82, 2.24) is 20.3 Å². The summed E-state index contributed by atoms with van der Waals surface area (Å²) in [5.41, 5.74) is -0.435. The van der Waals surface area contributed by atoms with Gasteiger partial charge in [-0.2, -0.15) is 18.4 Å². The van der Waals surface area contributed by atoms with Crippen LogP contribution in [-0.4, -0.2) is 47.4 Å². The summed E-state index contributed by atoms with van der Waals surface area (Å²) < 4.78 is 54.1. The van der Waals surface area contributed by atoms with Crippen LogP contribution in [0.2, 0.25) is 0 Å². The van der Waals surface area contributed by atoms with Gasteiger partial charge in [0.15, 0.2) is 0 Å². The molecule has 0 aliphatic carbocycles. The fourth-order valence-electron chi connectivity index (χ4n) is 3.85. The molecule has 3 heterocycles. The zero-order valence-electron chi connectivity index (χ0n) is 16.8. The van der Waals surface area contributed by atoms with Crippen LogP contribution in [0, 0.1) is 11.3 Å². The van der Waals surface area contributed by atoms with Gasteiger partial charge in [0, 0.05) is 35.9 Å². The van der Waals surface area contributed by atoms with Gasteiger partial charge in [-0.1, -0.05) is 6.07 Å². The molecular formula is C20H20F3N6OP. The minimum atomic E-state index is -4.66. The van der Waals surface area contributed by atoms with Crippen molar-refractivity contribution in [2.24, 2.45) is 0 Å². The van der Waals surface area contributed by atoms with Gasteiger partial charge in [-0.3, -0.25) is 0 Å². The maximum absolute atomic E-state index is 13.8. The molecule has 1 unspecified atom stereocenters. The van der Waals surface area contributed by atoms with Gasteiger partial charge in [0.2, 0.25) is 5.95 Å². The normalized spacial score (nSPS) is 17.1. The lowest BCUT2D eigenvalue weighted by molar-refractivity contribution is -0.137. The van der Waals surface area contributed by atoms with Crippen molar-refractivity contribution in [2.45, 2.75) is 18.6 Å². The molecule has 162 valence electrons. The summed E-state index contributed by atoms with van der Waals surface area (Å²) in [5, 5.41) is 16.4. The summed E-state index contributed by atoms with van der Waals surface area (Å²) in [6, 6.07) is 5.07. The fraction of sp³-hybridized carbons (Fsp3) is 0.350. The van der Waals surface area contributed by atoms with Crippen LogP contribution in [0.3, 0.4) is 0 Å². The van der Waals surface area contributed by atoms with Crippen LogP contribution in [0.5, 0.6) is 0 Å². The van der Waals surface area contributed by atoms with E-state index in [0.717, 1.165) is 19.2 Å². The quantitative estimate of drug-likeness (QED) is 0.528. The second kappa shape index (κ2) is 7.66. The molecule has 3 aromatic rings. The van der Waals surface area contributed by atoms with Crippen molar-refractivity contribution in [1.29, 1.82) is 5.26 Å². The molecule has 11 heteroatoms. The third-order valence-electron chi connectivity index (χ3n) is 5.23. The van der Waals surface area contributed by atoms with E-state index in [0.29, 0.717) is 22.8 Å². The number of alkyl halides is 3. The molecule has 0 amide bonds. The Bertz CT molecular complexity index is 1230. The van der Waals surface area contributed by atoms with E-state index in [1.165, 1.54) is 25.6 Å². The first-order valence-electron chi connectivity index (χ1n) is 9.61. The number of fused-ring (bicyclic) bond motifs is 1. The van der Waals surface area contributed by atoms with E-state index in [4.69, 9.17) is 0 Å². The Labute approximate surface area is 176 Å². The fourth-order valence-corrected chi connectivity index (χ4v) is 5.28. The number of hydrogen-bond donors (Lipinski definition) is 3. The average Bonchev–Trinajstić information content (AvgIpc) is 3.34. The topological polar surface area (TPSA) is 106 Å². The number of rotatable bonds is 4. The van der Waals surface area contributed by atoms with Crippen LogP contribution in [0.1, 0.15) is 17.5 Å². The molecule has 0 spiro atoms. The smallest absolute Gasteiger partial charge is 0.360 e. The number of halogens is 3.